The third-order valence-electron chi connectivity index (χ3n) is 4.00. The molecule has 0 bridgehead atoms. The van der Waals surface area contributed by atoms with Crippen LogP contribution in [0.1, 0.15) is 51.0 Å². The van der Waals surface area contributed by atoms with Crippen LogP contribution in [0.2, 0.25) is 0 Å². The molecule has 2 nitrogen and oxygen atoms in total. The van der Waals surface area contributed by atoms with E-state index in [1.165, 1.54) is 50.5 Å². The molecule has 0 spiro atoms. The van der Waals surface area contributed by atoms with Gasteiger partial charge in [0.05, 0.1) is 6.61 Å². The van der Waals surface area contributed by atoms with Crippen molar-refractivity contribution in [3.63, 3.8) is 0 Å². The molecule has 0 saturated heterocycles. The lowest BCUT2D eigenvalue weighted by Crippen LogP contribution is -2.27. The molecule has 21 heavy (non-hydrogen) atoms. The molecule has 1 atom stereocenters. The van der Waals surface area contributed by atoms with E-state index >= 15 is 0 Å². The van der Waals surface area contributed by atoms with Crippen molar-refractivity contribution in [1.29, 1.82) is 0 Å². The Labute approximate surface area is 131 Å². The third kappa shape index (κ3) is 9.65. The van der Waals surface area contributed by atoms with Gasteiger partial charge in [0.1, 0.15) is 0 Å². The minimum Gasteiger partial charge on any atom is -0.383 e. The zero-order chi connectivity index (χ0) is 15.2. The number of ether oxygens (including phenoxy) is 1. The van der Waals surface area contributed by atoms with Gasteiger partial charge in [0.2, 0.25) is 0 Å². The predicted molar refractivity (Wildman–Crippen MR) is 91.8 cm³/mol. The Hall–Kier alpha value is -0.860. The maximum atomic E-state index is 5.10. The van der Waals surface area contributed by atoms with Crippen LogP contribution >= 0.6 is 0 Å². The minimum atomic E-state index is 0.742. The number of methoxy groups -OCH3 is 1. The minimum absolute atomic E-state index is 0.742. The highest BCUT2D eigenvalue weighted by Crippen LogP contribution is 2.16. The largest absolute Gasteiger partial charge is 0.383 e. The van der Waals surface area contributed by atoms with E-state index in [0.29, 0.717) is 0 Å². The lowest BCUT2D eigenvalue weighted by Gasteiger charge is -2.18. The standard InChI is InChI=1S/C19H33NO/c1-3-4-5-6-8-13-19(17-20-14-15-21-2)16-18-11-9-7-10-12-18/h7,9-12,19-20H,3-6,8,13-17H2,1-2H3. The van der Waals surface area contributed by atoms with Gasteiger partial charge in [-0.25, -0.2) is 0 Å². The lowest BCUT2D eigenvalue weighted by atomic mass is 9.93. The maximum absolute atomic E-state index is 5.10. The second kappa shape index (κ2) is 12.8. The first-order valence-corrected chi connectivity index (χ1v) is 8.60. The Bertz CT molecular complexity index is 326. The summed E-state index contributed by atoms with van der Waals surface area (Å²) in [6, 6.07) is 10.9. The van der Waals surface area contributed by atoms with Gasteiger partial charge in [-0.2, -0.15) is 0 Å². The molecule has 1 unspecified atom stereocenters. The number of nitrogens with one attached hydrogen (secondary N) is 1. The fourth-order valence-electron chi connectivity index (χ4n) is 2.74. The fourth-order valence-corrected chi connectivity index (χ4v) is 2.74. The van der Waals surface area contributed by atoms with Gasteiger partial charge in [-0.05, 0) is 30.9 Å². The highest BCUT2D eigenvalue weighted by molar-refractivity contribution is 5.15. The highest BCUT2D eigenvalue weighted by atomic mass is 16.5. The highest BCUT2D eigenvalue weighted by Gasteiger charge is 2.09. The van der Waals surface area contributed by atoms with Crippen molar-refractivity contribution < 1.29 is 4.74 Å². The zero-order valence-corrected chi connectivity index (χ0v) is 13.9. The van der Waals surface area contributed by atoms with Crippen LogP contribution in [0.3, 0.4) is 0 Å². The SMILES string of the molecule is CCCCCCCC(CNCCOC)Cc1ccccc1. The van der Waals surface area contributed by atoms with Crippen molar-refractivity contribution in [2.75, 3.05) is 26.8 Å². The van der Waals surface area contributed by atoms with Crippen LogP contribution in [0.25, 0.3) is 0 Å². The van der Waals surface area contributed by atoms with Crippen LogP contribution in [0.15, 0.2) is 30.3 Å². The molecular weight excluding hydrogens is 258 g/mol. The number of hydrogen-bond donors (Lipinski definition) is 1. The van der Waals surface area contributed by atoms with Crippen molar-refractivity contribution in [3.05, 3.63) is 35.9 Å². The van der Waals surface area contributed by atoms with Gasteiger partial charge in [0.25, 0.3) is 0 Å². The molecule has 1 N–H and O–H groups in total. The van der Waals surface area contributed by atoms with Gasteiger partial charge >= 0.3 is 0 Å². The number of benzene rings is 1. The molecule has 1 aromatic rings. The summed E-state index contributed by atoms with van der Waals surface area (Å²) in [6.07, 6.45) is 9.38. The van der Waals surface area contributed by atoms with Crippen LogP contribution < -0.4 is 5.32 Å². The second-order valence-corrected chi connectivity index (χ2v) is 5.96. The monoisotopic (exact) mass is 291 g/mol. The van der Waals surface area contributed by atoms with Crippen LogP contribution in [-0.4, -0.2) is 26.8 Å². The molecule has 0 aromatic heterocycles. The lowest BCUT2D eigenvalue weighted by molar-refractivity contribution is 0.197. The second-order valence-electron chi connectivity index (χ2n) is 5.96. The molecule has 1 aromatic carbocycles. The van der Waals surface area contributed by atoms with Crippen LogP contribution in [0.5, 0.6) is 0 Å². The average Bonchev–Trinajstić information content (AvgIpc) is 2.52. The van der Waals surface area contributed by atoms with Crippen LogP contribution in [0.4, 0.5) is 0 Å². The molecule has 0 fully saturated rings. The predicted octanol–water partition coefficient (Wildman–Crippen LogP) is 4.44. The maximum Gasteiger partial charge on any atom is 0.0587 e. The molecule has 0 heterocycles. The summed E-state index contributed by atoms with van der Waals surface area (Å²) in [5.41, 5.74) is 1.46. The average molecular weight is 291 g/mol. The van der Waals surface area contributed by atoms with E-state index in [9.17, 15) is 0 Å². The summed E-state index contributed by atoms with van der Waals surface area (Å²) < 4.78 is 5.10. The van der Waals surface area contributed by atoms with Crippen LogP contribution in [-0.2, 0) is 11.2 Å². The first-order chi connectivity index (χ1) is 10.4. The van der Waals surface area contributed by atoms with E-state index in [0.717, 1.165) is 25.6 Å². The molecular formula is C19H33NO. The van der Waals surface area contributed by atoms with Gasteiger partial charge < -0.3 is 10.1 Å². The van der Waals surface area contributed by atoms with E-state index < -0.39 is 0 Å². The molecule has 0 amide bonds. The van der Waals surface area contributed by atoms with Gasteiger partial charge in [-0.1, -0.05) is 69.4 Å². The Morgan fingerprint density at radius 2 is 1.81 bits per heavy atom. The number of hydrogen-bond acceptors (Lipinski definition) is 2. The number of rotatable bonds is 13. The van der Waals surface area contributed by atoms with E-state index in [4.69, 9.17) is 4.74 Å². The van der Waals surface area contributed by atoms with Crippen LogP contribution in [0, 0.1) is 5.92 Å². The first kappa shape index (κ1) is 18.2. The van der Waals surface area contributed by atoms with Crippen molar-refractivity contribution in [2.24, 2.45) is 5.92 Å². The fraction of sp³-hybridized carbons (Fsp3) is 0.684. The molecule has 0 radical (unpaired) electrons. The molecule has 0 aliphatic rings. The smallest absolute Gasteiger partial charge is 0.0587 e. The Balaban J connectivity index is 2.30. The Morgan fingerprint density at radius 1 is 1.05 bits per heavy atom. The van der Waals surface area contributed by atoms with E-state index in [2.05, 4.69) is 42.6 Å². The van der Waals surface area contributed by atoms with Crippen molar-refractivity contribution in [1.82, 2.24) is 5.32 Å². The molecule has 120 valence electrons. The summed E-state index contributed by atoms with van der Waals surface area (Å²) >= 11 is 0. The normalized spacial score (nSPS) is 12.5. The summed E-state index contributed by atoms with van der Waals surface area (Å²) in [5, 5.41) is 3.53. The van der Waals surface area contributed by atoms with Crippen molar-refractivity contribution >= 4 is 0 Å². The van der Waals surface area contributed by atoms with Crippen molar-refractivity contribution in [2.45, 2.75) is 51.9 Å². The quantitative estimate of drug-likeness (QED) is 0.542. The summed E-state index contributed by atoms with van der Waals surface area (Å²) in [7, 11) is 1.76. The first-order valence-electron chi connectivity index (χ1n) is 8.60. The molecule has 0 aliphatic carbocycles. The Kier molecular flexibility index (Phi) is 11.1. The summed E-state index contributed by atoms with van der Waals surface area (Å²) in [5.74, 6) is 0.742. The van der Waals surface area contributed by atoms with Crippen molar-refractivity contribution in [3.8, 4) is 0 Å². The topological polar surface area (TPSA) is 21.3 Å². The number of unbranched alkanes of at least 4 members (excludes halogenated alkanes) is 4. The van der Waals surface area contributed by atoms with E-state index in [-0.39, 0.29) is 0 Å². The molecule has 0 aliphatic heterocycles. The third-order valence-corrected chi connectivity index (χ3v) is 4.00. The van der Waals surface area contributed by atoms with E-state index in [1.54, 1.807) is 7.11 Å². The molecule has 2 heteroatoms. The zero-order valence-electron chi connectivity index (χ0n) is 13.9. The van der Waals surface area contributed by atoms with Gasteiger partial charge in [-0.3, -0.25) is 0 Å². The summed E-state index contributed by atoms with van der Waals surface area (Å²) in [4.78, 5) is 0. The molecule has 1 rings (SSSR count). The summed E-state index contributed by atoms with van der Waals surface area (Å²) in [6.45, 7) is 5.14. The van der Waals surface area contributed by atoms with E-state index in [1.807, 2.05) is 0 Å². The van der Waals surface area contributed by atoms with Gasteiger partial charge in [-0.15, -0.1) is 0 Å². The Morgan fingerprint density at radius 3 is 2.52 bits per heavy atom. The van der Waals surface area contributed by atoms with Gasteiger partial charge in [0.15, 0.2) is 0 Å². The molecule has 0 saturated carbocycles. The van der Waals surface area contributed by atoms with Gasteiger partial charge in [0, 0.05) is 13.7 Å².